The van der Waals surface area contributed by atoms with Crippen molar-refractivity contribution in [3.63, 3.8) is 0 Å². The van der Waals surface area contributed by atoms with Gasteiger partial charge in [0.15, 0.2) is 0 Å². The Hall–Kier alpha value is -1.94. The molecule has 7 heteroatoms. The number of alkyl halides is 3. The number of fused-ring (bicyclic) bond motifs is 1. The van der Waals surface area contributed by atoms with Crippen LogP contribution in [0.15, 0.2) is 24.3 Å². The predicted octanol–water partition coefficient (Wildman–Crippen LogP) is 2.50. The number of amides is 2. The lowest BCUT2D eigenvalue weighted by Gasteiger charge is -2.08. The second-order valence-corrected chi connectivity index (χ2v) is 4.44. The van der Waals surface area contributed by atoms with E-state index in [4.69, 9.17) is 0 Å². The quantitative estimate of drug-likeness (QED) is 0.587. The van der Waals surface area contributed by atoms with Crippen molar-refractivity contribution in [1.82, 2.24) is 4.90 Å². The summed E-state index contributed by atoms with van der Waals surface area (Å²) in [6.07, 6.45) is 0. The molecule has 1 aromatic rings. The molecule has 19 heavy (non-hydrogen) atoms. The molecule has 0 aromatic heterocycles. The second kappa shape index (κ2) is 4.97. The number of rotatable bonds is 1. The molecule has 0 unspecified atom stereocenters. The molecule has 0 atom stereocenters. The van der Waals surface area contributed by atoms with Gasteiger partial charge in [-0.25, -0.2) is 0 Å². The summed E-state index contributed by atoms with van der Waals surface area (Å²) in [6.45, 7) is -0.352. The van der Waals surface area contributed by atoms with Crippen molar-refractivity contribution in [2.75, 3.05) is 6.54 Å². The molecule has 0 saturated heterocycles. The maximum Gasteiger partial charge on any atom is 0.453 e. The minimum Gasteiger partial charge on any atom is -0.269 e. The summed E-state index contributed by atoms with van der Waals surface area (Å²) in [7, 11) is 0. The lowest BCUT2D eigenvalue weighted by atomic mass is 10.1. The van der Waals surface area contributed by atoms with Crippen LogP contribution in [-0.2, 0) is 0 Å². The molecule has 1 aromatic carbocycles. The Morgan fingerprint density at radius 3 is 2.11 bits per heavy atom. The van der Waals surface area contributed by atoms with Crippen molar-refractivity contribution in [1.29, 1.82) is 0 Å². The number of carbonyl (C=O) groups excluding carboxylic acids is 2. The van der Waals surface area contributed by atoms with Gasteiger partial charge in [0, 0.05) is 11.8 Å². The molecule has 2 amide bonds. The highest BCUT2D eigenvalue weighted by Crippen LogP contribution is 2.29. The maximum absolute atomic E-state index is 11.8. The first-order valence-corrected chi connectivity index (χ1v) is 5.89. The topological polar surface area (TPSA) is 37.4 Å². The lowest BCUT2D eigenvalue weighted by Crippen LogP contribution is -2.29. The van der Waals surface area contributed by atoms with E-state index in [2.05, 4.69) is 5.92 Å². The molecule has 98 valence electrons. The predicted molar refractivity (Wildman–Crippen MR) is 63.2 cm³/mol. The van der Waals surface area contributed by atoms with Crippen molar-refractivity contribution in [2.24, 2.45) is 0 Å². The van der Waals surface area contributed by atoms with Gasteiger partial charge in [-0.3, -0.25) is 14.5 Å². The van der Waals surface area contributed by atoms with Crippen LogP contribution in [0.2, 0.25) is 0 Å². The van der Waals surface area contributed by atoms with Crippen molar-refractivity contribution in [3.8, 4) is 11.2 Å². The Labute approximate surface area is 110 Å². The van der Waals surface area contributed by atoms with Crippen molar-refractivity contribution in [2.45, 2.75) is 5.51 Å². The van der Waals surface area contributed by atoms with Crippen molar-refractivity contribution in [3.05, 3.63) is 35.4 Å². The SMILES string of the molecule is O=C1c2ccccc2C(=O)N1CC#CSC(F)(F)F. The highest BCUT2D eigenvalue weighted by Gasteiger charge is 2.34. The number of carbonyl (C=O) groups is 2. The lowest BCUT2D eigenvalue weighted by molar-refractivity contribution is -0.0318. The number of nitrogens with zero attached hydrogens (tertiary/aromatic N) is 1. The minimum atomic E-state index is -4.45. The van der Waals surface area contributed by atoms with Crippen LogP contribution in [0.3, 0.4) is 0 Å². The van der Waals surface area contributed by atoms with E-state index in [9.17, 15) is 22.8 Å². The first kappa shape index (κ1) is 13.5. The third-order valence-electron chi connectivity index (χ3n) is 2.35. The van der Waals surface area contributed by atoms with E-state index in [-0.39, 0.29) is 17.7 Å². The second-order valence-electron chi connectivity index (χ2n) is 3.57. The van der Waals surface area contributed by atoms with Gasteiger partial charge in [0.25, 0.3) is 11.8 Å². The zero-order chi connectivity index (χ0) is 14.0. The molecule has 0 N–H and O–H groups in total. The summed E-state index contributed by atoms with van der Waals surface area (Å²) in [6, 6.07) is 6.21. The number of benzene rings is 1. The Balaban J connectivity index is 2.09. The molecule has 1 aliphatic heterocycles. The van der Waals surface area contributed by atoms with Crippen LogP contribution >= 0.6 is 11.8 Å². The van der Waals surface area contributed by atoms with Gasteiger partial charge in [-0.2, -0.15) is 13.2 Å². The summed E-state index contributed by atoms with van der Waals surface area (Å²) in [5.74, 6) is 1.09. The molecular formula is C12H6F3NO2S. The van der Waals surface area contributed by atoms with Gasteiger partial charge in [0.1, 0.15) is 0 Å². The Morgan fingerprint density at radius 1 is 1.11 bits per heavy atom. The third-order valence-corrected chi connectivity index (χ3v) is 2.83. The molecule has 1 heterocycles. The van der Waals surface area contributed by atoms with E-state index in [0.717, 1.165) is 4.90 Å². The molecular weight excluding hydrogens is 279 g/mol. The highest BCUT2D eigenvalue weighted by atomic mass is 32.2. The van der Waals surface area contributed by atoms with Gasteiger partial charge in [-0.15, -0.1) is 0 Å². The van der Waals surface area contributed by atoms with Crippen LogP contribution in [0.25, 0.3) is 0 Å². The fourth-order valence-electron chi connectivity index (χ4n) is 1.59. The molecule has 0 saturated carbocycles. The molecule has 2 rings (SSSR count). The van der Waals surface area contributed by atoms with E-state index < -0.39 is 29.1 Å². The van der Waals surface area contributed by atoms with Crippen LogP contribution in [0.5, 0.6) is 0 Å². The van der Waals surface area contributed by atoms with Crippen LogP contribution in [0.1, 0.15) is 20.7 Å². The van der Waals surface area contributed by atoms with E-state index in [1.165, 1.54) is 12.1 Å². The molecule has 0 bridgehead atoms. The first-order valence-electron chi connectivity index (χ1n) is 5.08. The van der Waals surface area contributed by atoms with Crippen molar-refractivity contribution < 1.29 is 22.8 Å². The van der Waals surface area contributed by atoms with Gasteiger partial charge < -0.3 is 0 Å². The fraction of sp³-hybridized carbons (Fsp3) is 0.167. The van der Waals surface area contributed by atoms with Crippen LogP contribution in [-0.4, -0.2) is 28.8 Å². The monoisotopic (exact) mass is 285 g/mol. The van der Waals surface area contributed by atoms with Gasteiger partial charge in [-0.05, 0) is 17.4 Å². The number of hydrogen-bond acceptors (Lipinski definition) is 3. The van der Waals surface area contributed by atoms with E-state index in [1.807, 2.05) is 5.25 Å². The zero-order valence-electron chi connectivity index (χ0n) is 9.32. The molecule has 0 radical (unpaired) electrons. The molecule has 3 nitrogen and oxygen atoms in total. The van der Waals surface area contributed by atoms with E-state index in [1.54, 1.807) is 12.1 Å². The molecule has 0 aliphatic carbocycles. The van der Waals surface area contributed by atoms with Crippen molar-refractivity contribution >= 4 is 23.6 Å². The summed E-state index contributed by atoms with van der Waals surface area (Å²) >= 11 is -0.507. The summed E-state index contributed by atoms with van der Waals surface area (Å²) in [5, 5.41) is 1.82. The van der Waals surface area contributed by atoms with E-state index in [0.29, 0.717) is 0 Å². The van der Waals surface area contributed by atoms with Crippen LogP contribution in [0.4, 0.5) is 13.2 Å². The minimum absolute atomic E-state index is 0.248. The number of hydrogen-bond donors (Lipinski definition) is 0. The van der Waals surface area contributed by atoms with Gasteiger partial charge in [0.2, 0.25) is 0 Å². The Morgan fingerprint density at radius 2 is 1.63 bits per heavy atom. The Kier molecular flexibility index (Phi) is 3.53. The number of imide groups is 1. The van der Waals surface area contributed by atoms with Crippen LogP contribution < -0.4 is 0 Å². The van der Waals surface area contributed by atoms with E-state index >= 15 is 0 Å². The Bertz CT molecular complexity index is 566. The number of halogens is 3. The standard InChI is InChI=1S/C12H6F3NO2S/c13-12(14,15)19-7-3-6-16-10(17)8-4-1-2-5-9(8)11(16)18/h1-2,4-5H,6H2. The highest BCUT2D eigenvalue weighted by molar-refractivity contribution is 8.04. The zero-order valence-corrected chi connectivity index (χ0v) is 10.1. The van der Waals surface area contributed by atoms with Crippen LogP contribution in [0, 0.1) is 11.2 Å². The first-order chi connectivity index (χ1) is 8.90. The summed E-state index contributed by atoms with van der Waals surface area (Å²) < 4.78 is 35.5. The molecule has 1 aliphatic rings. The molecule has 0 spiro atoms. The molecule has 0 fully saturated rings. The number of thioether (sulfide) groups is 1. The largest absolute Gasteiger partial charge is 0.453 e. The van der Waals surface area contributed by atoms with Gasteiger partial charge in [0.05, 0.1) is 17.7 Å². The fourth-order valence-corrected chi connectivity index (χ4v) is 1.84. The normalized spacial score (nSPS) is 14.2. The smallest absolute Gasteiger partial charge is 0.269 e. The third kappa shape index (κ3) is 2.90. The summed E-state index contributed by atoms with van der Waals surface area (Å²) in [4.78, 5) is 24.4. The average Bonchev–Trinajstić information content (AvgIpc) is 2.58. The average molecular weight is 285 g/mol. The summed E-state index contributed by atoms with van der Waals surface area (Å²) in [5.41, 5.74) is -3.95. The maximum atomic E-state index is 11.8. The van der Waals surface area contributed by atoms with Gasteiger partial charge >= 0.3 is 5.51 Å². The van der Waals surface area contributed by atoms with Gasteiger partial charge in [-0.1, -0.05) is 18.1 Å².